The predicted molar refractivity (Wildman–Crippen MR) is 121 cm³/mol. The molecule has 156 valence electrons. The zero-order valence-corrected chi connectivity index (χ0v) is 17.9. The number of esters is 1. The summed E-state index contributed by atoms with van der Waals surface area (Å²) in [4.78, 5) is 18.2. The first-order valence-electron chi connectivity index (χ1n) is 9.92. The van der Waals surface area contributed by atoms with E-state index in [-0.39, 0.29) is 0 Å². The van der Waals surface area contributed by atoms with Crippen molar-refractivity contribution in [2.24, 2.45) is 0 Å². The van der Waals surface area contributed by atoms with Crippen LogP contribution in [0.25, 0.3) is 22.2 Å². The Bertz CT molecular complexity index is 1280. The van der Waals surface area contributed by atoms with E-state index in [1.807, 2.05) is 50.2 Å². The second-order valence-electron chi connectivity index (χ2n) is 7.31. The average Bonchev–Trinajstić information content (AvgIpc) is 2.78. The van der Waals surface area contributed by atoms with Crippen LogP contribution in [-0.4, -0.2) is 25.2 Å². The van der Waals surface area contributed by atoms with Crippen LogP contribution in [0.5, 0.6) is 17.2 Å². The summed E-state index contributed by atoms with van der Waals surface area (Å²) in [6.45, 7) is 3.99. The number of para-hydroxylation sites is 2. The number of hydrogen-bond donors (Lipinski definition) is 0. The van der Waals surface area contributed by atoms with Gasteiger partial charge in [-0.05, 0) is 55.8 Å². The fourth-order valence-corrected chi connectivity index (χ4v) is 3.64. The molecule has 0 aliphatic rings. The van der Waals surface area contributed by atoms with Crippen molar-refractivity contribution in [1.29, 1.82) is 0 Å². The van der Waals surface area contributed by atoms with Crippen molar-refractivity contribution in [3.8, 4) is 28.5 Å². The van der Waals surface area contributed by atoms with E-state index in [2.05, 4.69) is 6.07 Å². The fourth-order valence-electron chi connectivity index (χ4n) is 3.64. The van der Waals surface area contributed by atoms with Crippen LogP contribution < -0.4 is 14.2 Å². The lowest BCUT2D eigenvalue weighted by Crippen LogP contribution is -2.11. The van der Waals surface area contributed by atoms with Gasteiger partial charge in [-0.25, -0.2) is 9.78 Å². The third-order valence-corrected chi connectivity index (χ3v) is 5.11. The molecule has 0 unspecified atom stereocenters. The maximum absolute atomic E-state index is 13.3. The van der Waals surface area contributed by atoms with Gasteiger partial charge in [0.15, 0.2) is 11.5 Å². The smallest absolute Gasteiger partial charge is 0.344 e. The molecule has 3 aromatic carbocycles. The van der Waals surface area contributed by atoms with Gasteiger partial charge < -0.3 is 14.2 Å². The highest BCUT2D eigenvalue weighted by atomic mass is 16.6. The number of hydrogen-bond acceptors (Lipinski definition) is 5. The number of benzene rings is 3. The number of rotatable bonds is 5. The highest BCUT2D eigenvalue weighted by Crippen LogP contribution is 2.32. The first kappa shape index (κ1) is 20.4. The van der Waals surface area contributed by atoms with Gasteiger partial charge in [0.05, 0.1) is 31.0 Å². The van der Waals surface area contributed by atoms with Gasteiger partial charge in [-0.1, -0.05) is 35.9 Å². The molecule has 0 amide bonds. The monoisotopic (exact) mass is 413 g/mol. The Kier molecular flexibility index (Phi) is 5.58. The maximum Gasteiger partial charge on any atom is 0.344 e. The van der Waals surface area contributed by atoms with Gasteiger partial charge in [-0.2, -0.15) is 0 Å². The molecule has 5 nitrogen and oxygen atoms in total. The lowest BCUT2D eigenvalue weighted by atomic mass is 9.99. The van der Waals surface area contributed by atoms with Crippen molar-refractivity contribution in [1.82, 2.24) is 4.98 Å². The standard InChI is InChI=1S/C26H23NO4/c1-16-12-17(2)25-20(13-16)21(26(28)31-24-11-6-5-10-23(24)30-4)15-22(27-25)18-8-7-9-19(14-18)29-3/h5-15H,1-4H3. The third kappa shape index (κ3) is 4.08. The largest absolute Gasteiger partial charge is 0.497 e. The Morgan fingerprint density at radius 1 is 0.839 bits per heavy atom. The van der Waals surface area contributed by atoms with Gasteiger partial charge in [-0.3, -0.25) is 0 Å². The lowest BCUT2D eigenvalue weighted by Gasteiger charge is -2.14. The number of methoxy groups -OCH3 is 2. The van der Waals surface area contributed by atoms with E-state index in [4.69, 9.17) is 19.2 Å². The molecular formula is C26H23NO4. The minimum atomic E-state index is -0.467. The van der Waals surface area contributed by atoms with Crippen molar-refractivity contribution in [3.05, 3.63) is 83.4 Å². The summed E-state index contributed by atoms with van der Waals surface area (Å²) in [7, 11) is 3.16. The molecule has 5 heteroatoms. The molecule has 0 saturated heterocycles. The molecule has 0 saturated carbocycles. The van der Waals surface area contributed by atoms with E-state index in [0.29, 0.717) is 22.8 Å². The molecular weight excluding hydrogens is 390 g/mol. The zero-order chi connectivity index (χ0) is 22.0. The molecule has 31 heavy (non-hydrogen) atoms. The van der Waals surface area contributed by atoms with Crippen LogP contribution in [0.4, 0.5) is 0 Å². The molecule has 4 aromatic rings. The SMILES string of the molecule is COc1cccc(-c2cc(C(=O)Oc3ccccc3OC)c3cc(C)cc(C)c3n2)c1. The van der Waals surface area contributed by atoms with Gasteiger partial charge in [0.1, 0.15) is 5.75 Å². The van der Waals surface area contributed by atoms with Gasteiger partial charge >= 0.3 is 5.97 Å². The molecule has 0 fully saturated rings. The second-order valence-corrected chi connectivity index (χ2v) is 7.31. The first-order valence-corrected chi connectivity index (χ1v) is 9.92. The lowest BCUT2D eigenvalue weighted by molar-refractivity contribution is 0.0732. The number of pyridine rings is 1. The van der Waals surface area contributed by atoms with E-state index in [1.54, 1.807) is 38.5 Å². The third-order valence-electron chi connectivity index (χ3n) is 5.11. The average molecular weight is 413 g/mol. The van der Waals surface area contributed by atoms with Crippen molar-refractivity contribution in [2.45, 2.75) is 13.8 Å². The Hall–Kier alpha value is -3.86. The van der Waals surface area contributed by atoms with Crippen molar-refractivity contribution < 1.29 is 19.0 Å². The summed E-state index contributed by atoms with van der Waals surface area (Å²) in [5.74, 6) is 1.12. The Labute approximate surface area is 181 Å². The molecule has 1 aromatic heterocycles. The summed E-state index contributed by atoms with van der Waals surface area (Å²) in [6, 6.07) is 20.5. The number of aryl methyl sites for hydroxylation is 2. The second kappa shape index (κ2) is 8.48. The van der Waals surface area contributed by atoms with Crippen LogP contribution in [0.3, 0.4) is 0 Å². The first-order chi connectivity index (χ1) is 15.0. The van der Waals surface area contributed by atoms with Crippen molar-refractivity contribution >= 4 is 16.9 Å². The van der Waals surface area contributed by atoms with Crippen molar-refractivity contribution in [3.63, 3.8) is 0 Å². The number of carbonyl (C=O) groups excluding carboxylic acids is 1. The molecule has 0 N–H and O–H groups in total. The highest BCUT2D eigenvalue weighted by molar-refractivity contribution is 6.06. The van der Waals surface area contributed by atoms with Crippen LogP contribution >= 0.6 is 0 Å². The van der Waals surface area contributed by atoms with E-state index in [9.17, 15) is 4.79 Å². The zero-order valence-electron chi connectivity index (χ0n) is 17.9. The van der Waals surface area contributed by atoms with Gasteiger partial charge in [0.2, 0.25) is 0 Å². The van der Waals surface area contributed by atoms with Gasteiger partial charge in [0, 0.05) is 10.9 Å². The van der Waals surface area contributed by atoms with E-state index >= 15 is 0 Å². The molecule has 4 rings (SSSR count). The maximum atomic E-state index is 13.3. The van der Waals surface area contributed by atoms with Crippen molar-refractivity contribution in [2.75, 3.05) is 14.2 Å². The topological polar surface area (TPSA) is 57.7 Å². The number of carbonyl (C=O) groups is 1. The van der Waals surface area contributed by atoms with E-state index in [0.717, 1.165) is 33.3 Å². The molecule has 0 spiro atoms. The van der Waals surface area contributed by atoms with Crippen LogP contribution in [0.15, 0.2) is 66.7 Å². The Morgan fingerprint density at radius 3 is 2.35 bits per heavy atom. The Balaban J connectivity index is 1.89. The van der Waals surface area contributed by atoms with Crippen LogP contribution in [0, 0.1) is 13.8 Å². The highest BCUT2D eigenvalue weighted by Gasteiger charge is 2.19. The summed E-state index contributed by atoms with van der Waals surface area (Å²) in [5, 5.41) is 0.754. The molecule has 0 aliphatic carbocycles. The summed E-state index contributed by atoms with van der Waals surface area (Å²) in [5.41, 5.74) is 4.77. The summed E-state index contributed by atoms with van der Waals surface area (Å²) < 4.78 is 16.4. The number of aromatic nitrogens is 1. The summed E-state index contributed by atoms with van der Waals surface area (Å²) in [6.07, 6.45) is 0. The van der Waals surface area contributed by atoms with E-state index in [1.165, 1.54) is 0 Å². The molecule has 1 heterocycles. The molecule has 0 radical (unpaired) electrons. The molecule has 0 atom stereocenters. The number of ether oxygens (including phenoxy) is 3. The quantitative estimate of drug-likeness (QED) is 0.308. The summed E-state index contributed by atoms with van der Waals surface area (Å²) >= 11 is 0. The van der Waals surface area contributed by atoms with Gasteiger partial charge in [-0.15, -0.1) is 0 Å². The van der Waals surface area contributed by atoms with Gasteiger partial charge in [0.25, 0.3) is 0 Å². The predicted octanol–water partition coefficient (Wildman–Crippen LogP) is 5.76. The minimum Gasteiger partial charge on any atom is -0.497 e. The normalized spacial score (nSPS) is 10.7. The minimum absolute atomic E-state index is 0.368. The van der Waals surface area contributed by atoms with Crippen LogP contribution in [-0.2, 0) is 0 Å². The Morgan fingerprint density at radius 2 is 1.61 bits per heavy atom. The van der Waals surface area contributed by atoms with E-state index < -0.39 is 5.97 Å². The number of fused-ring (bicyclic) bond motifs is 1. The molecule has 0 aliphatic heterocycles. The fraction of sp³-hybridized carbons (Fsp3) is 0.154. The van der Waals surface area contributed by atoms with Crippen LogP contribution in [0.2, 0.25) is 0 Å². The number of nitrogens with zero attached hydrogens (tertiary/aromatic N) is 1. The molecule has 0 bridgehead atoms. The van der Waals surface area contributed by atoms with Crippen LogP contribution in [0.1, 0.15) is 21.5 Å².